The van der Waals surface area contributed by atoms with Crippen LogP contribution in [0.2, 0.25) is 0 Å². The number of hydrazone groups is 1. The number of ether oxygens (including phenoxy) is 2. The molecule has 2 amide bonds. The molecule has 0 saturated carbocycles. The van der Waals surface area contributed by atoms with E-state index in [1.807, 2.05) is 31.2 Å². The first-order valence-corrected chi connectivity index (χ1v) is 9.04. The summed E-state index contributed by atoms with van der Waals surface area (Å²) in [5.74, 6) is 0.570. The normalized spacial score (nSPS) is 11.7. The highest BCUT2D eigenvalue weighted by atomic mass is 16.5. The van der Waals surface area contributed by atoms with Gasteiger partial charge in [0.1, 0.15) is 17.5 Å². The Bertz CT molecular complexity index is 819. The number of nitrogens with one attached hydrogen (secondary N) is 2. The number of carbonyl (C=O) groups excluding carboxylic acids is 2. The van der Waals surface area contributed by atoms with E-state index in [1.165, 1.54) is 6.21 Å². The summed E-state index contributed by atoms with van der Waals surface area (Å²) in [4.78, 5) is 24.4. The molecule has 0 aromatic heterocycles. The largest absolute Gasteiger partial charge is 0.497 e. The van der Waals surface area contributed by atoms with E-state index in [0.29, 0.717) is 23.7 Å². The summed E-state index contributed by atoms with van der Waals surface area (Å²) in [6, 6.07) is 13.3. The maximum Gasteiger partial charge on any atom is 0.262 e. The smallest absolute Gasteiger partial charge is 0.262 e. The topological polar surface area (TPSA) is 89.0 Å². The lowest BCUT2D eigenvalue weighted by atomic mass is 10.2. The molecule has 0 aliphatic carbocycles. The molecule has 28 heavy (non-hydrogen) atoms. The molecule has 0 aliphatic heterocycles. The van der Waals surface area contributed by atoms with Gasteiger partial charge < -0.3 is 14.8 Å². The number of methoxy groups -OCH3 is 1. The number of para-hydroxylation sites is 1. The summed E-state index contributed by atoms with van der Waals surface area (Å²) in [5, 5.41) is 6.59. The zero-order chi connectivity index (χ0) is 20.4. The van der Waals surface area contributed by atoms with Gasteiger partial charge in [0.25, 0.3) is 11.8 Å². The number of amides is 2. The van der Waals surface area contributed by atoms with Gasteiger partial charge in [0, 0.05) is 11.1 Å². The lowest BCUT2D eigenvalue weighted by Crippen LogP contribution is -2.43. The van der Waals surface area contributed by atoms with E-state index in [4.69, 9.17) is 9.47 Å². The molecule has 2 N–H and O–H groups in total. The predicted molar refractivity (Wildman–Crippen MR) is 108 cm³/mol. The van der Waals surface area contributed by atoms with Gasteiger partial charge in [-0.25, -0.2) is 5.43 Å². The Hall–Kier alpha value is -3.35. The molecular formula is C21H25N3O4. The van der Waals surface area contributed by atoms with Gasteiger partial charge in [-0.2, -0.15) is 5.10 Å². The quantitative estimate of drug-likeness (QED) is 0.515. The highest BCUT2D eigenvalue weighted by Gasteiger charge is 2.16. The number of benzene rings is 2. The van der Waals surface area contributed by atoms with Crippen LogP contribution in [0.15, 0.2) is 53.6 Å². The van der Waals surface area contributed by atoms with Crippen molar-refractivity contribution in [2.75, 3.05) is 13.7 Å². The van der Waals surface area contributed by atoms with E-state index in [0.717, 1.165) is 12.0 Å². The van der Waals surface area contributed by atoms with Crippen LogP contribution in [0.5, 0.6) is 11.5 Å². The molecule has 0 heterocycles. The molecular weight excluding hydrogens is 358 g/mol. The Morgan fingerprint density at radius 1 is 1.14 bits per heavy atom. The molecule has 1 atom stereocenters. The van der Waals surface area contributed by atoms with Gasteiger partial charge in [-0.3, -0.25) is 9.59 Å². The zero-order valence-corrected chi connectivity index (χ0v) is 16.3. The minimum atomic E-state index is -0.752. The second-order valence-corrected chi connectivity index (χ2v) is 6.04. The van der Waals surface area contributed by atoms with Crippen molar-refractivity contribution in [3.8, 4) is 11.5 Å². The number of hydrogen-bond donors (Lipinski definition) is 2. The van der Waals surface area contributed by atoms with Crippen LogP contribution >= 0.6 is 0 Å². The van der Waals surface area contributed by atoms with Crippen LogP contribution in [0.25, 0.3) is 0 Å². The number of nitrogens with zero attached hydrogens (tertiary/aromatic N) is 1. The molecule has 7 heteroatoms. The van der Waals surface area contributed by atoms with Gasteiger partial charge in [0.05, 0.1) is 19.9 Å². The Labute approximate surface area is 164 Å². The Balaban J connectivity index is 1.90. The van der Waals surface area contributed by atoms with Crippen LogP contribution in [-0.4, -0.2) is 37.8 Å². The van der Waals surface area contributed by atoms with Crippen LogP contribution < -0.4 is 20.2 Å². The van der Waals surface area contributed by atoms with Gasteiger partial charge in [-0.05, 0) is 49.7 Å². The van der Waals surface area contributed by atoms with E-state index < -0.39 is 11.9 Å². The molecule has 1 unspecified atom stereocenters. The maximum absolute atomic E-state index is 12.2. The van der Waals surface area contributed by atoms with Crippen molar-refractivity contribution in [1.29, 1.82) is 0 Å². The molecule has 0 aliphatic rings. The minimum Gasteiger partial charge on any atom is -0.497 e. The van der Waals surface area contributed by atoms with Crippen molar-refractivity contribution in [2.45, 2.75) is 26.3 Å². The van der Waals surface area contributed by atoms with Gasteiger partial charge in [-0.15, -0.1) is 0 Å². The monoisotopic (exact) mass is 383 g/mol. The van der Waals surface area contributed by atoms with Gasteiger partial charge >= 0.3 is 0 Å². The number of rotatable bonds is 9. The summed E-state index contributed by atoms with van der Waals surface area (Å²) >= 11 is 0. The Kier molecular flexibility index (Phi) is 8.02. The van der Waals surface area contributed by atoms with E-state index in [-0.39, 0.29) is 5.91 Å². The first-order chi connectivity index (χ1) is 13.5. The van der Waals surface area contributed by atoms with Crippen LogP contribution in [0.3, 0.4) is 0 Å². The third-order valence-corrected chi connectivity index (χ3v) is 3.85. The van der Waals surface area contributed by atoms with Gasteiger partial charge in [0.2, 0.25) is 0 Å². The second-order valence-electron chi connectivity index (χ2n) is 6.04. The van der Waals surface area contributed by atoms with Crippen molar-refractivity contribution in [3.05, 3.63) is 59.7 Å². The highest BCUT2D eigenvalue weighted by Crippen LogP contribution is 2.16. The first kappa shape index (κ1) is 21.0. The van der Waals surface area contributed by atoms with Crippen LogP contribution in [0.1, 0.15) is 36.2 Å². The van der Waals surface area contributed by atoms with Crippen molar-refractivity contribution < 1.29 is 19.1 Å². The lowest BCUT2D eigenvalue weighted by Gasteiger charge is -2.12. The van der Waals surface area contributed by atoms with E-state index in [1.54, 1.807) is 38.3 Å². The molecule has 0 bridgehead atoms. The van der Waals surface area contributed by atoms with Crippen molar-refractivity contribution in [2.24, 2.45) is 5.10 Å². The molecule has 2 aromatic carbocycles. The van der Waals surface area contributed by atoms with Crippen LogP contribution in [-0.2, 0) is 4.79 Å². The summed E-state index contributed by atoms with van der Waals surface area (Å²) in [5.41, 5.74) is 3.62. The average molecular weight is 383 g/mol. The SMILES string of the molecule is CCCOc1ccccc1C=NNC(=O)C(C)NC(=O)c1ccc(OC)cc1. The number of carbonyl (C=O) groups is 2. The minimum absolute atomic E-state index is 0.354. The molecule has 0 fully saturated rings. The molecule has 2 rings (SSSR count). The lowest BCUT2D eigenvalue weighted by molar-refractivity contribution is -0.122. The zero-order valence-electron chi connectivity index (χ0n) is 16.3. The number of hydrogen-bond acceptors (Lipinski definition) is 5. The fraction of sp³-hybridized carbons (Fsp3) is 0.286. The Morgan fingerprint density at radius 2 is 1.86 bits per heavy atom. The molecule has 2 aromatic rings. The van der Waals surface area contributed by atoms with Crippen molar-refractivity contribution in [3.63, 3.8) is 0 Å². The first-order valence-electron chi connectivity index (χ1n) is 9.04. The summed E-state index contributed by atoms with van der Waals surface area (Å²) in [7, 11) is 1.55. The molecule has 0 saturated heterocycles. The summed E-state index contributed by atoms with van der Waals surface area (Å²) in [6.07, 6.45) is 2.41. The standard InChI is InChI=1S/C21H25N3O4/c1-4-13-28-19-8-6-5-7-17(19)14-22-24-20(25)15(2)23-21(26)16-9-11-18(27-3)12-10-16/h5-12,14-15H,4,13H2,1-3H3,(H,23,26)(H,24,25). The second kappa shape index (κ2) is 10.7. The molecule has 0 radical (unpaired) electrons. The Morgan fingerprint density at radius 3 is 2.54 bits per heavy atom. The van der Waals surface area contributed by atoms with E-state index in [2.05, 4.69) is 15.8 Å². The van der Waals surface area contributed by atoms with E-state index in [9.17, 15) is 9.59 Å². The molecule has 0 spiro atoms. The van der Waals surface area contributed by atoms with Gasteiger partial charge in [0.15, 0.2) is 0 Å². The molecule has 7 nitrogen and oxygen atoms in total. The van der Waals surface area contributed by atoms with Crippen LogP contribution in [0, 0.1) is 0 Å². The third kappa shape index (κ3) is 6.12. The fourth-order valence-electron chi connectivity index (χ4n) is 2.28. The van der Waals surface area contributed by atoms with Crippen molar-refractivity contribution >= 4 is 18.0 Å². The van der Waals surface area contributed by atoms with Crippen molar-refractivity contribution in [1.82, 2.24) is 10.7 Å². The maximum atomic E-state index is 12.2. The summed E-state index contributed by atoms with van der Waals surface area (Å²) < 4.78 is 10.7. The van der Waals surface area contributed by atoms with Gasteiger partial charge in [-0.1, -0.05) is 19.1 Å². The average Bonchev–Trinajstić information content (AvgIpc) is 2.72. The van der Waals surface area contributed by atoms with E-state index >= 15 is 0 Å². The third-order valence-electron chi connectivity index (χ3n) is 3.85. The predicted octanol–water partition coefficient (Wildman–Crippen LogP) is 2.75. The van der Waals surface area contributed by atoms with Crippen LogP contribution in [0.4, 0.5) is 0 Å². The summed E-state index contributed by atoms with van der Waals surface area (Å²) in [6.45, 7) is 4.22. The highest BCUT2D eigenvalue weighted by molar-refractivity contribution is 5.97. The molecule has 148 valence electrons. The fourth-order valence-corrected chi connectivity index (χ4v) is 2.28.